The summed E-state index contributed by atoms with van der Waals surface area (Å²) in [6.45, 7) is 0. The fraction of sp³-hybridized carbons (Fsp3) is 0. The Bertz CT molecular complexity index is 413. The molecule has 0 N–H and O–H groups in total. The average Bonchev–Trinajstić information content (AvgIpc) is 2.09. The van der Waals surface area contributed by atoms with Crippen molar-refractivity contribution in [2.24, 2.45) is 0 Å². The third kappa shape index (κ3) is 1.98. The summed E-state index contributed by atoms with van der Waals surface area (Å²) in [5.41, 5.74) is -0.00941. The first-order chi connectivity index (χ1) is 6.07. The van der Waals surface area contributed by atoms with Gasteiger partial charge in [0.2, 0.25) is 0 Å². The van der Waals surface area contributed by atoms with Gasteiger partial charge in [0.05, 0.1) is 14.7 Å². The molecular formula is C8H2ClFINO. The van der Waals surface area contributed by atoms with Crippen molar-refractivity contribution in [2.45, 2.75) is 0 Å². The molecule has 0 saturated heterocycles. The summed E-state index contributed by atoms with van der Waals surface area (Å²) in [7, 11) is 0. The molecule has 0 saturated carbocycles. The molecule has 0 spiro atoms. The van der Waals surface area contributed by atoms with Gasteiger partial charge in [0.25, 0.3) is 5.24 Å². The van der Waals surface area contributed by atoms with Crippen LogP contribution in [0.25, 0.3) is 0 Å². The summed E-state index contributed by atoms with van der Waals surface area (Å²) in [4.78, 5) is 10.7. The molecule has 0 amide bonds. The van der Waals surface area contributed by atoms with Crippen LogP contribution in [0, 0.1) is 20.7 Å². The Hall–Kier alpha value is -0.670. The second kappa shape index (κ2) is 4.03. The molecule has 1 aromatic rings. The van der Waals surface area contributed by atoms with Crippen LogP contribution in [0.1, 0.15) is 15.9 Å². The number of halogens is 3. The maximum absolute atomic E-state index is 13.2. The van der Waals surface area contributed by atoms with Gasteiger partial charge >= 0.3 is 0 Å². The maximum Gasteiger partial charge on any atom is 0.253 e. The van der Waals surface area contributed by atoms with E-state index in [4.69, 9.17) is 16.9 Å². The summed E-state index contributed by atoms with van der Waals surface area (Å²) in [5, 5.41) is 7.73. The predicted octanol–water partition coefficient (Wildman–Crippen LogP) is 2.68. The molecule has 0 aliphatic rings. The number of benzene rings is 1. The van der Waals surface area contributed by atoms with Crippen LogP contribution >= 0.6 is 34.2 Å². The summed E-state index contributed by atoms with van der Waals surface area (Å²) in [5.74, 6) is -0.699. The molecule has 2 nitrogen and oxygen atoms in total. The van der Waals surface area contributed by atoms with Crippen molar-refractivity contribution in [2.75, 3.05) is 0 Å². The SMILES string of the molecule is N#Cc1ccc(C(=O)Cl)c(I)c1F. The van der Waals surface area contributed by atoms with Crippen LogP contribution in [0.2, 0.25) is 0 Å². The normalized spacial score (nSPS) is 9.38. The van der Waals surface area contributed by atoms with Crippen LogP contribution in [0.4, 0.5) is 4.39 Å². The van der Waals surface area contributed by atoms with Gasteiger partial charge in [0, 0.05) is 0 Å². The molecular weight excluding hydrogens is 307 g/mol. The summed E-state index contributed by atoms with van der Waals surface area (Å²) >= 11 is 6.82. The Labute approximate surface area is 92.4 Å². The first-order valence-electron chi connectivity index (χ1n) is 3.16. The van der Waals surface area contributed by atoms with Gasteiger partial charge in [-0.3, -0.25) is 4.79 Å². The zero-order chi connectivity index (χ0) is 10.0. The van der Waals surface area contributed by atoms with Gasteiger partial charge in [-0.05, 0) is 46.3 Å². The lowest BCUT2D eigenvalue weighted by molar-refractivity contribution is 0.108. The van der Waals surface area contributed by atoms with E-state index in [0.29, 0.717) is 0 Å². The molecule has 5 heteroatoms. The van der Waals surface area contributed by atoms with Crippen LogP contribution < -0.4 is 0 Å². The monoisotopic (exact) mass is 309 g/mol. The highest BCUT2D eigenvalue weighted by Gasteiger charge is 2.14. The van der Waals surface area contributed by atoms with Crippen molar-refractivity contribution < 1.29 is 9.18 Å². The molecule has 13 heavy (non-hydrogen) atoms. The zero-order valence-electron chi connectivity index (χ0n) is 6.14. The van der Waals surface area contributed by atoms with Crippen molar-refractivity contribution in [3.05, 3.63) is 32.6 Å². The highest BCUT2D eigenvalue weighted by Crippen LogP contribution is 2.20. The minimum Gasteiger partial charge on any atom is -0.276 e. The van der Waals surface area contributed by atoms with E-state index >= 15 is 0 Å². The Morgan fingerprint density at radius 2 is 2.23 bits per heavy atom. The summed E-state index contributed by atoms with van der Waals surface area (Å²) < 4.78 is 13.3. The van der Waals surface area contributed by atoms with E-state index in [1.54, 1.807) is 28.7 Å². The number of rotatable bonds is 1. The van der Waals surface area contributed by atoms with Gasteiger partial charge in [-0.15, -0.1) is 0 Å². The lowest BCUT2D eigenvalue weighted by atomic mass is 10.1. The fourth-order valence-electron chi connectivity index (χ4n) is 0.788. The van der Waals surface area contributed by atoms with E-state index in [-0.39, 0.29) is 14.7 Å². The average molecular weight is 309 g/mol. The number of hydrogen-bond acceptors (Lipinski definition) is 2. The molecule has 66 valence electrons. The Balaban J connectivity index is 3.42. The number of hydrogen-bond donors (Lipinski definition) is 0. The van der Waals surface area contributed by atoms with Crippen molar-refractivity contribution >= 4 is 39.4 Å². The fourth-order valence-corrected chi connectivity index (χ4v) is 1.82. The molecule has 1 aromatic carbocycles. The molecule has 0 fully saturated rings. The lowest BCUT2D eigenvalue weighted by Crippen LogP contribution is -1.98. The highest BCUT2D eigenvalue weighted by molar-refractivity contribution is 14.1. The standard InChI is InChI=1S/C8H2ClFINO/c9-8(13)5-2-1-4(3-12)6(10)7(5)11/h1-2H. The molecule has 0 heterocycles. The third-order valence-electron chi connectivity index (χ3n) is 1.41. The summed E-state index contributed by atoms with van der Waals surface area (Å²) in [6.07, 6.45) is 0. The van der Waals surface area contributed by atoms with Crippen molar-refractivity contribution in [1.29, 1.82) is 5.26 Å². The first kappa shape index (κ1) is 10.4. The molecule has 0 unspecified atom stereocenters. The Kier molecular flexibility index (Phi) is 3.22. The van der Waals surface area contributed by atoms with Gasteiger partial charge in [-0.1, -0.05) is 0 Å². The summed E-state index contributed by atoms with van der Waals surface area (Å²) in [6, 6.07) is 4.23. The van der Waals surface area contributed by atoms with Crippen LogP contribution in [-0.4, -0.2) is 5.24 Å². The molecule has 0 aliphatic carbocycles. The third-order valence-corrected chi connectivity index (χ3v) is 2.67. The van der Waals surface area contributed by atoms with Crippen LogP contribution in [0.3, 0.4) is 0 Å². The molecule has 0 aromatic heterocycles. The number of carbonyl (C=O) groups is 1. The molecule has 0 radical (unpaired) electrons. The number of carbonyl (C=O) groups excluding carboxylic acids is 1. The topological polar surface area (TPSA) is 40.9 Å². The van der Waals surface area contributed by atoms with E-state index in [1.807, 2.05) is 0 Å². The van der Waals surface area contributed by atoms with Gasteiger partial charge in [0.1, 0.15) is 6.07 Å². The van der Waals surface area contributed by atoms with E-state index in [1.165, 1.54) is 12.1 Å². The second-order valence-electron chi connectivity index (χ2n) is 2.17. The smallest absolute Gasteiger partial charge is 0.253 e. The van der Waals surface area contributed by atoms with Gasteiger partial charge in [-0.25, -0.2) is 4.39 Å². The van der Waals surface area contributed by atoms with Crippen LogP contribution in [0.5, 0.6) is 0 Å². The van der Waals surface area contributed by atoms with Crippen molar-refractivity contribution in [1.82, 2.24) is 0 Å². The largest absolute Gasteiger partial charge is 0.276 e. The quantitative estimate of drug-likeness (QED) is 0.591. The van der Waals surface area contributed by atoms with Gasteiger partial charge in [-0.2, -0.15) is 5.26 Å². The molecule has 1 rings (SSSR count). The van der Waals surface area contributed by atoms with Gasteiger partial charge in [0.15, 0.2) is 5.82 Å². The van der Waals surface area contributed by atoms with E-state index < -0.39 is 11.1 Å². The lowest BCUT2D eigenvalue weighted by Gasteiger charge is -2.00. The van der Waals surface area contributed by atoms with E-state index in [2.05, 4.69) is 0 Å². The molecule has 0 atom stereocenters. The minimum atomic E-state index is -0.729. The maximum atomic E-state index is 13.2. The van der Waals surface area contributed by atoms with Crippen molar-refractivity contribution in [3.63, 3.8) is 0 Å². The molecule has 0 aliphatic heterocycles. The van der Waals surface area contributed by atoms with E-state index in [0.717, 1.165) is 0 Å². The molecule has 0 bridgehead atoms. The highest BCUT2D eigenvalue weighted by atomic mass is 127. The minimum absolute atomic E-state index is 0.0802. The number of nitrogens with zero attached hydrogens (tertiary/aromatic N) is 1. The Morgan fingerprint density at radius 1 is 1.62 bits per heavy atom. The van der Waals surface area contributed by atoms with Gasteiger partial charge < -0.3 is 0 Å². The first-order valence-corrected chi connectivity index (χ1v) is 4.61. The van der Waals surface area contributed by atoms with Crippen LogP contribution in [-0.2, 0) is 0 Å². The zero-order valence-corrected chi connectivity index (χ0v) is 9.06. The Morgan fingerprint density at radius 3 is 2.69 bits per heavy atom. The number of nitriles is 1. The second-order valence-corrected chi connectivity index (χ2v) is 3.60. The van der Waals surface area contributed by atoms with E-state index in [9.17, 15) is 9.18 Å². The van der Waals surface area contributed by atoms with Crippen molar-refractivity contribution in [3.8, 4) is 6.07 Å². The predicted molar refractivity (Wildman–Crippen MR) is 54.0 cm³/mol. The van der Waals surface area contributed by atoms with Crippen LogP contribution in [0.15, 0.2) is 12.1 Å².